The van der Waals surface area contributed by atoms with Crippen molar-refractivity contribution < 1.29 is 0 Å². The van der Waals surface area contributed by atoms with Gasteiger partial charge in [-0.25, -0.2) is 9.97 Å². The van der Waals surface area contributed by atoms with Crippen LogP contribution in [-0.4, -0.2) is 47.6 Å². The van der Waals surface area contributed by atoms with E-state index in [9.17, 15) is 0 Å². The SMILES string of the molecule is CCC#Cc1ncccc1-c1cc2ccccc2c(N2CCN(CC)CC2)n1. The lowest BCUT2D eigenvalue weighted by atomic mass is 10.0. The van der Waals surface area contributed by atoms with E-state index >= 15 is 0 Å². The molecule has 0 bridgehead atoms. The fraction of sp³-hybridized carbons (Fsp3) is 0.333. The molecule has 4 heteroatoms. The molecule has 0 N–H and O–H groups in total. The quantitative estimate of drug-likeness (QED) is 0.647. The van der Waals surface area contributed by atoms with Crippen LogP contribution < -0.4 is 4.90 Å². The van der Waals surface area contributed by atoms with Crippen LogP contribution in [0.3, 0.4) is 0 Å². The number of hydrogen-bond donors (Lipinski definition) is 0. The van der Waals surface area contributed by atoms with E-state index in [2.05, 4.69) is 76.9 Å². The Bertz CT molecular complexity index is 1020. The summed E-state index contributed by atoms with van der Waals surface area (Å²) in [6, 6.07) is 14.7. The van der Waals surface area contributed by atoms with Crippen molar-refractivity contribution in [3.63, 3.8) is 0 Å². The van der Waals surface area contributed by atoms with E-state index in [1.807, 2.05) is 6.07 Å². The fourth-order valence-electron chi connectivity index (χ4n) is 3.72. The van der Waals surface area contributed by atoms with E-state index < -0.39 is 0 Å². The van der Waals surface area contributed by atoms with Gasteiger partial charge in [0, 0.05) is 49.7 Å². The summed E-state index contributed by atoms with van der Waals surface area (Å²) in [6.07, 6.45) is 2.61. The summed E-state index contributed by atoms with van der Waals surface area (Å²) in [7, 11) is 0. The lowest BCUT2D eigenvalue weighted by Crippen LogP contribution is -2.46. The average Bonchev–Trinajstić information content (AvgIpc) is 2.77. The number of rotatable bonds is 3. The number of aromatic nitrogens is 2. The van der Waals surface area contributed by atoms with Crippen molar-refractivity contribution in [2.45, 2.75) is 20.3 Å². The van der Waals surface area contributed by atoms with E-state index in [-0.39, 0.29) is 0 Å². The predicted molar refractivity (Wildman–Crippen MR) is 116 cm³/mol. The number of fused-ring (bicyclic) bond motifs is 1. The Labute approximate surface area is 167 Å². The van der Waals surface area contributed by atoms with Gasteiger partial charge in [0.05, 0.1) is 5.69 Å². The second-order valence-electron chi connectivity index (χ2n) is 7.03. The third-order valence-electron chi connectivity index (χ3n) is 5.31. The standard InChI is InChI=1S/C24H26N4/c1-3-5-12-22-21(11-8-13-25-22)23-18-19-9-6-7-10-20(19)24(26-23)28-16-14-27(4-2)15-17-28/h6-11,13,18H,3-4,14-17H2,1-2H3. The molecule has 3 aromatic rings. The van der Waals surface area contributed by atoms with Gasteiger partial charge in [0.2, 0.25) is 0 Å². The first-order chi connectivity index (χ1) is 13.8. The van der Waals surface area contributed by atoms with Crippen LogP contribution in [0.15, 0.2) is 48.7 Å². The number of piperazine rings is 1. The molecule has 1 fully saturated rings. The zero-order chi connectivity index (χ0) is 19.3. The maximum Gasteiger partial charge on any atom is 0.137 e. The highest BCUT2D eigenvalue weighted by Gasteiger charge is 2.20. The molecule has 0 aliphatic carbocycles. The van der Waals surface area contributed by atoms with E-state index in [1.165, 1.54) is 10.8 Å². The minimum absolute atomic E-state index is 0.800. The Morgan fingerprint density at radius 2 is 1.82 bits per heavy atom. The lowest BCUT2D eigenvalue weighted by Gasteiger charge is -2.35. The minimum Gasteiger partial charge on any atom is -0.354 e. The van der Waals surface area contributed by atoms with Crippen molar-refractivity contribution >= 4 is 16.6 Å². The van der Waals surface area contributed by atoms with Gasteiger partial charge in [0.25, 0.3) is 0 Å². The average molecular weight is 371 g/mol. The van der Waals surface area contributed by atoms with Gasteiger partial charge in [-0.05, 0) is 36.1 Å². The number of benzene rings is 1. The van der Waals surface area contributed by atoms with Crippen LogP contribution in [0.25, 0.3) is 22.0 Å². The Hall–Kier alpha value is -2.90. The molecule has 0 saturated carbocycles. The molecule has 0 radical (unpaired) electrons. The maximum absolute atomic E-state index is 5.11. The summed E-state index contributed by atoms with van der Waals surface area (Å²) in [4.78, 5) is 14.5. The molecular weight excluding hydrogens is 344 g/mol. The summed E-state index contributed by atoms with van der Waals surface area (Å²) < 4.78 is 0. The van der Waals surface area contributed by atoms with Crippen molar-refractivity contribution in [3.8, 4) is 23.1 Å². The smallest absolute Gasteiger partial charge is 0.137 e. The molecule has 3 heterocycles. The monoisotopic (exact) mass is 370 g/mol. The van der Waals surface area contributed by atoms with E-state index in [0.717, 1.165) is 61.9 Å². The summed E-state index contributed by atoms with van der Waals surface area (Å²) in [5.41, 5.74) is 2.75. The van der Waals surface area contributed by atoms with Gasteiger partial charge in [-0.1, -0.05) is 44.0 Å². The van der Waals surface area contributed by atoms with Crippen LogP contribution in [0.2, 0.25) is 0 Å². The maximum atomic E-state index is 5.11. The molecule has 28 heavy (non-hydrogen) atoms. The highest BCUT2D eigenvalue weighted by Crippen LogP contribution is 2.31. The topological polar surface area (TPSA) is 32.3 Å². The minimum atomic E-state index is 0.800. The molecular formula is C24H26N4. The Morgan fingerprint density at radius 1 is 1.00 bits per heavy atom. The van der Waals surface area contributed by atoms with Gasteiger partial charge >= 0.3 is 0 Å². The first-order valence-corrected chi connectivity index (χ1v) is 10.1. The Balaban J connectivity index is 1.82. The van der Waals surface area contributed by atoms with E-state index in [4.69, 9.17) is 4.98 Å². The molecule has 4 nitrogen and oxygen atoms in total. The highest BCUT2D eigenvalue weighted by molar-refractivity contribution is 5.95. The molecule has 1 saturated heterocycles. The highest BCUT2D eigenvalue weighted by atomic mass is 15.3. The summed E-state index contributed by atoms with van der Waals surface area (Å²) in [5, 5.41) is 2.42. The van der Waals surface area contributed by atoms with Crippen LogP contribution in [0.5, 0.6) is 0 Å². The molecule has 0 spiro atoms. The van der Waals surface area contributed by atoms with Crippen LogP contribution in [0.4, 0.5) is 5.82 Å². The van der Waals surface area contributed by atoms with E-state index in [0.29, 0.717) is 0 Å². The van der Waals surface area contributed by atoms with E-state index in [1.54, 1.807) is 6.20 Å². The zero-order valence-corrected chi connectivity index (χ0v) is 16.7. The molecule has 142 valence electrons. The summed E-state index contributed by atoms with van der Waals surface area (Å²) >= 11 is 0. The molecule has 0 unspecified atom stereocenters. The van der Waals surface area contributed by atoms with Gasteiger partial charge in [0.1, 0.15) is 11.5 Å². The van der Waals surface area contributed by atoms with Crippen LogP contribution in [-0.2, 0) is 0 Å². The molecule has 1 aromatic carbocycles. The van der Waals surface area contributed by atoms with Gasteiger partial charge in [-0.15, -0.1) is 0 Å². The van der Waals surface area contributed by atoms with Gasteiger partial charge in [0.15, 0.2) is 0 Å². The second-order valence-corrected chi connectivity index (χ2v) is 7.03. The molecule has 4 rings (SSSR count). The van der Waals surface area contributed by atoms with Gasteiger partial charge < -0.3 is 9.80 Å². The van der Waals surface area contributed by atoms with Gasteiger partial charge in [-0.2, -0.15) is 0 Å². The number of anilines is 1. The van der Waals surface area contributed by atoms with Crippen molar-refractivity contribution in [1.82, 2.24) is 14.9 Å². The fourth-order valence-corrected chi connectivity index (χ4v) is 3.72. The zero-order valence-electron chi connectivity index (χ0n) is 16.7. The molecule has 0 amide bonds. The van der Waals surface area contributed by atoms with Gasteiger partial charge in [-0.3, -0.25) is 0 Å². The third kappa shape index (κ3) is 3.72. The van der Waals surface area contributed by atoms with Crippen LogP contribution in [0.1, 0.15) is 26.0 Å². The molecule has 0 atom stereocenters. The molecule has 1 aliphatic heterocycles. The first-order valence-electron chi connectivity index (χ1n) is 10.1. The molecule has 2 aromatic heterocycles. The van der Waals surface area contributed by atoms with Crippen molar-refractivity contribution in [1.29, 1.82) is 0 Å². The van der Waals surface area contributed by atoms with Crippen molar-refractivity contribution in [3.05, 3.63) is 54.4 Å². The Morgan fingerprint density at radius 3 is 2.61 bits per heavy atom. The second kappa shape index (κ2) is 8.41. The van der Waals surface area contributed by atoms with Crippen LogP contribution >= 0.6 is 0 Å². The largest absolute Gasteiger partial charge is 0.354 e. The summed E-state index contributed by atoms with van der Waals surface area (Å²) in [5.74, 6) is 7.42. The summed E-state index contributed by atoms with van der Waals surface area (Å²) in [6.45, 7) is 9.56. The number of hydrogen-bond acceptors (Lipinski definition) is 4. The number of likely N-dealkylation sites (N-methyl/N-ethyl adjacent to an activating group) is 1. The number of pyridine rings is 2. The van der Waals surface area contributed by atoms with Crippen molar-refractivity contribution in [2.24, 2.45) is 0 Å². The van der Waals surface area contributed by atoms with Crippen molar-refractivity contribution in [2.75, 3.05) is 37.6 Å². The lowest BCUT2D eigenvalue weighted by molar-refractivity contribution is 0.271. The predicted octanol–water partition coefficient (Wildman–Crippen LogP) is 4.20. The first kappa shape index (κ1) is 18.5. The van der Waals surface area contributed by atoms with Crippen LogP contribution in [0, 0.1) is 11.8 Å². The third-order valence-corrected chi connectivity index (χ3v) is 5.31. The number of nitrogens with zero attached hydrogens (tertiary/aromatic N) is 4. The molecule has 1 aliphatic rings. The Kier molecular flexibility index (Phi) is 5.55. The normalized spacial score (nSPS) is 14.7.